The highest BCUT2D eigenvalue weighted by Gasteiger charge is 2.25. The molecule has 1 fully saturated rings. The first-order valence-corrected chi connectivity index (χ1v) is 6.04. The molecule has 1 aromatic heterocycles. The van der Waals surface area contributed by atoms with Gasteiger partial charge < -0.3 is 9.88 Å². The van der Waals surface area contributed by atoms with Crippen LogP contribution >= 0.6 is 0 Å². The molecule has 3 nitrogen and oxygen atoms in total. The Morgan fingerprint density at radius 3 is 3.07 bits per heavy atom. The third-order valence-electron chi connectivity index (χ3n) is 3.34. The first-order valence-electron chi connectivity index (χ1n) is 6.04. The molecule has 0 amide bonds. The van der Waals surface area contributed by atoms with Gasteiger partial charge in [0.1, 0.15) is 5.82 Å². The molecule has 1 aliphatic rings. The minimum atomic E-state index is 0.668. The quantitative estimate of drug-likeness (QED) is 0.821. The Kier molecular flexibility index (Phi) is 3.41. The molecule has 15 heavy (non-hydrogen) atoms. The summed E-state index contributed by atoms with van der Waals surface area (Å²) in [4.78, 5) is 4.29. The maximum Gasteiger partial charge on any atom is 0.105 e. The summed E-state index contributed by atoms with van der Waals surface area (Å²) in [6, 6.07) is 1.39. The van der Waals surface area contributed by atoms with Crippen LogP contribution in [0, 0.1) is 6.92 Å². The maximum absolute atomic E-state index is 4.29. The van der Waals surface area contributed by atoms with Gasteiger partial charge in [-0.15, -0.1) is 0 Å². The number of hydrogen-bond donors (Lipinski definition) is 1. The summed E-state index contributed by atoms with van der Waals surface area (Å²) < 4.78 is 2.33. The van der Waals surface area contributed by atoms with Crippen molar-refractivity contribution in [3.63, 3.8) is 0 Å². The summed E-state index contributed by atoms with van der Waals surface area (Å²) in [7, 11) is 0. The molecule has 0 spiro atoms. The summed E-state index contributed by atoms with van der Waals surface area (Å²) in [5.74, 6) is 1.15. The fourth-order valence-electron chi connectivity index (χ4n) is 2.52. The van der Waals surface area contributed by atoms with E-state index in [0.29, 0.717) is 6.04 Å². The average molecular weight is 207 g/mol. The van der Waals surface area contributed by atoms with Crippen molar-refractivity contribution < 1.29 is 0 Å². The van der Waals surface area contributed by atoms with Crippen molar-refractivity contribution in [2.24, 2.45) is 0 Å². The first-order chi connectivity index (χ1) is 7.31. The van der Waals surface area contributed by atoms with Crippen LogP contribution in [0.25, 0.3) is 0 Å². The lowest BCUT2D eigenvalue weighted by molar-refractivity contribution is 0.467. The highest BCUT2D eigenvalue weighted by atomic mass is 15.1. The van der Waals surface area contributed by atoms with Crippen LogP contribution in [0.15, 0.2) is 12.4 Å². The van der Waals surface area contributed by atoms with Crippen LogP contribution in [-0.2, 0) is 0 Å². The van der Waals surface area contributed by atoms with E-state index in [9.17, 15) is 0 Å². The minimum Gasteiger partial charge on any atom is -0.332 e. The van der Waals surface area contributed by atoms with E-state index in [-0.39, 0.29) is 0 Å². The van der Waals surface area contributed by atoms with Crippen molar-refractivity contribution in [3.8, 4) is 0 Å². The molecule has 84 valence electrons. The minimum absolute atomic E-state index is 0.668. The molecule has 0 aromatic carbocycles. The Morgan fingerprint density at radius 2 is 2.40 bits per heavy atom. The highest BCUT2D eigenvalue weighted by molar-refractivity contribution is 4.96. The van der Waals surface area contributed by atoms with Crippen LogP contribution in [0.3, 0.4) is 0 Å². The van der Waals surface area contributed by atoms with E-state index in [1.54, 1.807) is 0 Å². The summed E-state index contributed by atoms with van der Waals surface area (Å²) >= 11 is 0. The molecule has 0 aliphatic heterocycles. The zero-order chi connectivity index (χ0) is 10.7. The second kappa shape index (κ2) is 4.79. The SMILES string of the molecule is CCCNC1CCC(n2ccnc2C)C1. The van der Waals surface area contributed by atoms with E-state index in [1.807, 2.05) is 6.20 Å². The molecule has 0 bridgehead atoms. The van der Waals surface area contributed by atoms with Gasteiger partial charge in [0.15, 0.2) is 0 Å². The van der Waals surface area contributed by atoms with E-state index in [1.165, 1.54) is 25.7 Å². The van der Waals surface area contributed by atoms with Crippen molar-refractivity contribution in [1.29, 1.82) is 0 Å². The van der Waals surface area contributed by atoms with Crippen LogP contribution in [0.2, 0.25) is 0 Å². The number of hydrogen-bond acceptors (Lipinski definition) is 2. The van der Waals surface area contributed by atoms with Crippen molar-refractivity contribution in [1.82, 2.24) is 14.9 Å². The monoisotopic (exact) mass is 207 g/mol. The standard InChI is InChI=1S/C12H21N3/c1-3-6-14-11-4-5-12(9-11)15-8-7-13-10(15)2/h7-8,11-12,14H,3-6,9H2,1-2H3. The van der Waals surface area contributed by atoms with Crippen LogP contribution in [0.5, 0.6) is 0 Å². The van der Waals surface area contributed by atoms with Crippen LogP contribution in [0.1, 0.15) is 44.5 Å². The molecule has 2 rings (SSSR count). The second-order valence-corrected chi connectivity index (χ2v) is 4.50. The number of nitrogens with one attached hydrogen (secondary N) is 1. The largest absolute Gasteiger partial charge is 0.332 e. The van der Waals surface area contributed by atoms with Gasteiger partial charge >= 0.3 is 0 Å². The molecule has 1 aromatic rings. The lowest BCUT2D eigenvalue weighted by Gasteiger charge is -2.15. The molecule has 0 saturated heterocycles. The van der Waals surface area contributed by atoms with E-state index < -0.39 is 0 Å². The lowest BCUT2D eigenvalue weighted by atomic mass is 10.2. The molecule has 1 N–H and O–H groups in total. The topological polar surface area (TPSA) is 29.9 Å². The molecular weight excluding hydrogens is 186 g/mol. The number of aryl methyl sites for hydroxylation is 1. The van der Waals surface area contributed by atoms with Crippen molar-refractivity contribution in [3.05, 3.63) is 18.2 Å². The van der Waals surface area contributed by atoms with E-state index in [4.69, 9.17) is 0 Å². The molecule has 0 radical (unpaired) electrons. The first kappa shape index (κ1) is 10.7. The molecule has 2 unspecified atom stereocenters. The van der Waals surface area contributed by atoms with Crippen LogP contribution in [-0.4, -0.2) is 22.1 Å². The fourth-order valence-corrected chi connectivity index (χ4v) is 2.52. The second-order valence-electron chi connectivity index (χ2n) is 4.50. The van der Waals surface area contributed by atoms with E-state index >= 15 is 0 Å². The summed E-state index contributed by atoms with van der Waals surface area (Å²) in [6.07, 6.45) is 9.10. The Morgan fingerprint density at radius 1 is 1.53 bits per heavy atom. The fraction of sp³-hybridized carbons (Fsp3) is 0.750. The van der Waals surface area contributed by atoms with Gasteiger partial charge in [0.2, 0.25) is 0 Å². The van der Waals surface area contributed by atoms with Gasteiger partial charge in [-0.1, -0.05) is 6.92 Å². The van der Waals surface area contributed by atoms with Gasteiger partial charge in [0.05, 0.1) is 0 Å². The van der Waals surface area contributed by atoms with E-state index in [2.05, 4.69) is 34.9 Å². The van der Waals surface area contributed by atoms with Gasteiger partial charge in [-0.25, -0.2) is 4.98 Å². The Bertz CT molecular complexity index is 306. The summed E-state index contributed by atoms with van der Waals surface area (Å²) in [5.41, 5.74) is 0. The predicted octanol–water partition coefficient (Wildman–Crippen LogP) is 2.28. The van der Waals surface area contributed by atoms with Gasteiger partial charge in [-0.05, 0) is 39.2 Å². The smallest absolute Gasteiger partial charge is 0.105 e. The van der Waals surface area contributed by atoms with Crippen LogP contribution < -0.4 is 5.32 Å². The number of rotatable bonds is 4. The van der Waals surface area contributed by atoms with Gasteiger partial charge in [0.25, 0.3) is 0 Å². The summed E-state index contributed by atoms with van der Waals surface area (Å²) in [6.45, 7) is 5.46. The molecule has 1 saturated carbocycles. The molecule has 3 heteroatoms. The highest BCUT2D eigenvalue weighted by Crippen LogP contribution is 2.30. The zero-order valence-corrected chi connectivity index (χ0v) is 9.74. The maximum atomic E-state index is 4.29. The average Bonchev–Trinajstić information content (AvgIpc) is 2.83. The Balaban J connectivity index is 1.90. The van der Waals surface area contributed by atoms with Crippen molar-refractivity contribution in [2.75, 3.05) is 6.54 Å². The Hall–Kier alpha value is -0.830. The van der Waals surface area contributed by atoms with Crippen LogP contribution in [0.4, 0.5) is 0 Å². The molecule has 1 aliphatic carbocycles. The van der Waals surface area contributed by atoms with Gasteiger partial charge in [-0.3, -0.25) is 0 Å². The third-order valence-corrected chi connectivity index (χ3v) is 3.34. The van der Waals surface area contributed by atoms with Gasteiger partial charge in [0, 0.05) is 24.5 Å². The van der Waals surface area contributed by atoms with Crippen molar-refractivity contribution >= 4 is 0 Å². The molecule has 1 heterocycles. The number of aromatic nitrogens is 2. The van der Waals surface area contributed by atoms with E-state index in [0.717, 1.165) is 18.4 Å². The zero-order valence-electron chi connectivity index (χ0n) is 9.74. The number of imidazole rings is 1. The third kappa shape index (κ3) is 2.40. The normalized spacial score (nSPS) is 26.0. The van der Waals surface area contributed by atoms with Gasteiger partial charge in [-0.2, -0.15) is 0 Å². The Labute approximate surface area is 91.9 Å². The summed E-state index contributed by atoms with van der Waals surface area (Å²) in [5, 5.41) is 3.61. The van der Waals surface area contributed by atoms with Crippen molar-refractivity contribution in [2.45, 2.75) is 51.6 Å². The lowest BCUT2D eigenvalue weighted by Crippen LogP contribution is -2.27. The number of nitrogens with zero attached hydrogens (tertiary/aromatic N) is 2. The molecular formula is C12H21N3. The predicted molar refractivity (Wildman–Crippen MR) is 61.9 cm³/mol. The molecule has 2 atom stereocenters.